The molecule has 20 heavy (non-hydrogen) atoms. The normalized spacial score (nSPS) is 17.4. The first-order chi connectivity index (χ1) is 9.49. The maximum absolute atomic E-state index is 11.9. The summed E-state index contributed by atoms with van der Waals surface area (Å²) in [6, 6.07) is -0.0658. The van der Waals surface area contributed by atoms with Gasteiger partial charge in [0.15, 0.2) is 0 Å². The lowest BCUT2D eigenvalue weighted by atomic mass is 10.1. The summed E-state index contributed by atoms with van der Waals surface area (Å²) in [5, 5.41) is 11.4. The van der Waals surface area contributed by atoms with E-state index in [-0.39, 0.29) is 30.8 Å². The van der Waals surface area contributed by atoms with Crippen molar-refractivity contribution in [2.45, 2.75) is 57.9 Å². The Balaban J connectivity index is 2.27. The number of rotatable bonds is 7. The Kier molecular flexibility index (Phi) is 7.04. The molecule has 1 saturated heterocycles. The highest BCUT2D eigenvalue weighted by molar-refractivity contribution is 5.85. The Morgan fingerprint density at radius 1 is 1.35 bits per heavy atom. The Bertz CT molecular complexity index is 357. The van der Waals surface area contributed by atoms with Gasteiger partial charge in [0.2, 0.25) is 11.8 Å². The number of carboxylic acids is 1. The van der Waals surface area contributed by atoms with E-state index in [1.54, 1.807) is 4.90 Å². The number of carboxylic acid groups (broad SMARTS) is 1. The molecule has 1 rings (SSSR count). The van der Waals surface area contributed by atoms with Gasteiger partial charge in [0.1, 0.15) is 0 Å². The van der Waals surface area contributed by atoms with Crippen LogP contribution in [0.3, 0.4) is 0 Å². The van der Waals surface area contributed by atoms with E-state index in [2.05, 4.69) is 5.32 Å². The van der Waals surface area contributed by atoms with E-state index >= 15 is 0 Å². The molecule has 6 heteroatoms. The maximum atomic E-state index is 11.9. The van der Waals surface area contributed by atoms with Gasteiger partial charge in [0.05, 0.1) is 6.54 Å². The zero-order valence-electron chi connectivity index (χ0n) is 12.1. The van der Waals surface area contributed by atoms with E-state index in [4.69, 9.17) is 5.11 Å². The van der Waals surface area contributed by atoms with Crippen LogP contribution in [0.1, 0.15) is 51.9 Å². The van der Waals surface area contributed by atoms with Gasteiger partial charge >= 0.3 is 5.97 Å². The number of hydrogen-bond donors (Lipinski definition) is 2. The van der Waals surface area contributed by atoms with Gasteiger partial charge in [0, 0.05) is 25.4 Å². The molecule has 0 aromatic carbocycles. The smallest absolute Gasteiger partial charge is 0.303 e. The van der Waals surface area contributed by atoms with Crippen LogP contribution in [0.4, 0.5) is 0 Å². The van der Waals surface area contributed by atoms with Crippen molar-refractivity contribution >= 4 is 17.8 Å². The van der Waals surface area contributed by atoms with Crippen LogP contribution in [0.5, 0.6) is 0 Å². The third kappa shape index (κ3) is 6.54. The lowest BCUT2D eigenvalue weighted by molar-refractivity contribution is -0.137. The monoisotopic (exact) mass is 284 g/mol. The summed E-state index contributed by atoms with van der Waals surface area (Å²) in [7, 11) is 0. The van der Waals surface area contributed by atoms with Crippen molar-refractivity contribution in [1.82, 2.24) is 10.2 Å². The third-order valence-electron chi connectivity index (χ3n) is 3.44. The quantitative estimate of drug-likeness (QED) is 0.734. The number of nitrogens with one attached hydrogen (secondary N) is 1. The fourth-order valence-electron chi connectivity index (χ4n) is 2.33. The number of hydrogen-bond acceptors (Lipinski definition) is 3. The zero-order valence-corrected chi connectivity index (χ0v) is 12.1. The lowest BCUT2D eigenvalue weighted by Crippen LogP contribution is -2.43. The second-order valence-electron chi connectivity index (χ2n) is 5.38. The molecule has 6 nitrogen and oxygen atoms in total. The summed E-state index contributed by atoms with van der Waals surface area (Å²) in [6.07, 6.45) is 4.71. The van der Waals surface area contributed by atoms with Crippen LogP contribution in [-0.2, 0) is 14.4 Å². The first-order valence-corrected chi connectivity index (χ1v) is 7.28. The van der Waals surface area contributed by atoms with Crippen LogP contribution >= 0.6 is 0 Å². The Hall–Kier alpha value is -1.59. The molecule has 0 aromatic rings. The number of carbonyl (C=O) groups is 3. The summed E-state index contributed by atoms with van der Waals surface area (Å²) in [4.78, 5) is 35.6. The van der Waals surface area contributed by atoms with Gasteiger partial charge in [-0.25, -0.2) is 0 Å². The van der Waals surface area contributed by atoms with Gasteiger partial charge < -0.3 is 15.3 Å². The van der Waals surface area contributed by atoms with Crippen molar-refractivity contribution < 1.29 is 19.5 Å². The van der Waals surface area contributed by atoms with Crippen LogP contribution in [0, 0.1) is 0 Å². The number of amides is 2. The van der Waals surface area contributed by atoms with Gasteiger partial charge in [-0.3, -0.25) is 14.4 Å². The SMILES string of the molecule is CC(CCCC(=O)O)NC(=O)CN1CCCCCC1=O. The topological polar surface area (TPSA) is 86.7 Å². The molecule has 2 N–H and O–H groups in total. The fourth-order valence-corrected chi connectivity index (χ4v) is 2.33. The second kappa shape index (κ2) is 8.55. The number of likely N-dealkylation sites (tertiary alicyclic amines) is 1. The summed E-state index contributed by atoms with van der Waals surface area (Å²) in [5.74, 6) is -0.932. The highest BCUT2D eigenvalue weighted by atomic mass is 16.4. The van der Waals surface area contributed by atoms with Gasteiger partial charge in [-0.2, -0.15) is 0 Å². The van der Waals surface area contributed by atoms with E-state index in [0.717, 1.165) is 19.3 Å². The molecule has 114 valence electrons. The Morgan fingerprint density at radius 3 is 2.80 bits per heavy atom. The fraction of sp³-hybridized carbons (Fsp3) is 0.786. The molecule has 1 fully saturated rings. The van der Waals surface area contributed by atoms with Crippen LogP contribution in [0.25, 0.3) is 0 Å². The van der Waals surface area contributed by atoms with Crippen LogP contribution < -0.4 is 5.32 Å². The molecule has 0 aromatic heterocycles. The number of carbonyl (C=O) groups excluding carboxylic acids is 2. The molecule has 0 bridgehead atoms. The van der Waals surface area contributed by atoms with Crippen molar-refractivity contribution in [3.8, 4) is 0 Å². The standard InChI is InChI=1S/C14H24N2O4/c1-11(6-5-8-14(19)20)15-12(17)10-16-9-4-2-3-7-13(16)18/h11H,2-10H2,1H3,(H,15,17)(H,19,20). The molecule has 0 radical (unpaired) electrons. The summed E-state index contributed by atoms with van der Waals surface area (Å²) in [6.45, 7) is 2.62. The molecule has 1 heterocycles. The van der Waals surface area contributed by atoms with Gasteiger partial charge in [-0.05, 0) is 32.6 Å². The molecular formula is C14H24N2O4. The van der Waals surface area contributed by atoms with Crippen molar-refractivity contribution in [2.24, 2.45) is 0 Å². The second-order valence-corrected chi connectivity index (χ2v) is 5.38. The molecule has 2 amide bonds. The minimum absolute atomic E-state index is 0.0520. The van der Waals surface area contributed by atoms with E-state index in [1.165, 1.54) is 0 Å². The maximum Gasteiger partial charge on any atom is 0.303 e. The number of aliphatic carboxylic acids is 1. The Morgan fingerprint density at radius 2 is 2.10 bits per heavy atom. The molecule has 0 saturated carbocycles. The molecule has 1 aliphatic rings. The predicted octanol–water partition coefficient (Wildman–Crippen LogP) is 1.15. The van der Waals surface area contributed by atoms with E-state index in [0.29, 0.717) is 25.8 Å². The molecule has 0 aliphatic carbocycles. The molecule has 1 atom stereocenters. The summed E-state index contributed by atoms with van der Waals surface area (Å²) in [5.41, 5.74) is 0. The van der Waals surface area contributed by atoms with Crippen LogP contribution in [0.2, 0.25) is 0 Å². The largest absolute Gasteiger partial charge is 0.481 e. The van der Waals surface area contributed by atoms with E-state index in [9.17, 15) is 14.4 Å². The van der Waals surface area contributed by atoms with Crippen molar-refractivity contribution in [2.75, 3.05) is 13.1 Å². The zero-order chi connectivity index (χ0) is 15.0. The average Bonchev–Trinajstić information content (AvgIpc) is 2.54. The minimum atomic E-state index is -0.821. The summed E-state index contributed by atoms with van der Waals surface area (Å²) < 4.78 is 0. The predicted molar refractivity (Wildman–Crippen MR) is 74.1 cm³/mol. The van der Waals surface area contributed by atoms with Crippen molar-refractivity contribution in [1.29, 1.82) is 0 Å². The van der Waals surface area contributed by atoms with Gasteiger partial charge in [-0.15, -0.1) is 0 Å². The van der Waals surface area contributed by atoms with Crippen LogP contribution in [0.15, 0.2) is 0 Å². The van der Waals surface area contributed by atoms with Gasteiger partial charge in [0.25, 0.3) is 0 Å². The highest BCUT2D eigenvalue weighted by Gasteiger charge is 2.19. The molecule has 1 unspecified atom stereocenters. The minimum Gasteiger partial charge on any atom is -0.481 e. The Labute approximate surface area is 119 Å². The third-order valence-corrected chi connectivity index (χ3v) is 3.44. The average molecular weight is 284 g/mol. The van der Waals surface area contributed by atoms with E-state index < -0.39 is 5.97 Å². The van der Waals surface area contributed by atoms with Crippen molar-refractivity contribution in [3.05, 3.63) is 0 Å². The molecule has 1 aliphatic heterocycles. The molecule has 0 spiro atoms. The molecular weight excluding hydrogens is 260 g/mol. The lowest BCUT2D eigenvalue weighted by Gasteiger charge is -2.21. The van der Waals surface area contributed by atoms with Crippen LogP contribution in [-0.4, -0.2) is 46.9 Å². The van der Waals surface area contributed by atoms with Gasteiger partial charge in [-0.1, -0.05) is 6.42 Å². The summed E-state index contributed by atoms with van der Waals surface area (Å²) >= 11 is 0. The first kappa shape index (κ1) is 16.5. The highest BCUT2D eigenvalue weighted by Crippen LogP contribution is 2.10. The first-order valence-electron chi connectivity index (χ1n) is 7.28. The van der Waals surface area contributed by atoms with E-state index in [1.807, 2.05) is 6.92 Å². The number of nitrogens with zero attached hydrogens (tertiary/aromatic N) is 1. The van der Waals surface area contributed by atoms with Crippen molar-refractivity contribution in [3.63, 3.8) is 0 Å².